The first-order valence-corrected chi connectivity index (χ1v) is 7.95. The van der Waals surface area contributed by atoms with Crippen LogP contribution in [0, 0.1) is 5.92 Å². The van der Waals surface area contributed by atoms with Gasteiger partial charge in [0.05, 0.1) is 0 Å². The van der Waals surface area contributed by atoms with Crippen molar-refractivity contribution in [1.82, 2.24) is 4.90 Å². The van der Waals surface area contributed by atoms with Gasteiger partial charge in [-0.1, -0.05) is 6.07 Å². The Morgan fingerprint density at radius 2 is 2.14 bits per heavy atom. The van der Waals surface area contributed by atoms with E-state index in [-0.39, 0.29) is 24.3 Å². The first-order valence-electron chi connectivity index (χ1n) is 7.95. The molecule has 5 nitrogen and oxygen atoms in total. The van der Waals surface area contributed by atoms with Gasteiger partial charge in [0, 0.05) is 31.3 Å². The predicted molar refractivity (Wildman–Crippen MR) is 83.4 cm³/mol. The summed E-state index contributed by atoms with van der Waals surface area (Å²) in [4.78, 5) is 25.8. The second-order valence-corrected chi connectivity index (χ2v) is 5.95. The molecule has 0 spiro atoms. The van der Waals surface area contributed by atoms with Crippen molar-refractivity contribution in [2.45, 2.75) is 32.7 Å². The van der Waals surface area contributed by atoms with Gasteiger partial charge in [0.25, 0.3) is 0 Å². The van der Waals surface area contributed by atoms with Crippen LogP contribution in [0.3, 0.4) is 0 Å². The van der Waals surface area contributed by atoms with Crippen molar-refractivity contribution < 1.29 is 14.3 Å². The summed E-state index contributed by atoms with van der Waals surface area (Å²) < 4.78 is 5.10. The van der Waals surface area contributed by atoms with Crippen molar-refractivity contribution in [1.29, 1.82) is 0 Å². The van der Waals surface area contributed by atoms with Crippen LogP contribution in [0.25, 0.3) is 0 Å². The minimum atomic E-state index is -0.150. The van der Waals surface area contributed by atoms with Crippen molar-refractivity contribution in [3.63, 3.8) is 0 Å². The van der Waals surface area contributed by atoms with E-state index >= 15 is 0 Å². The smallest absolute Gasteiger partial charge is 0.250 e. The van der Waals surface area contributed by atoms with Gasteiger partial charge in [-0.3, -0.25) is 9.59 Å². The molecule has 0 aromatic heterocycles. The van der Waals surface area contributed by atoms with E-state index in [2.05, 4.69) is 5.32 Å². The largest absolute Gasteiger partial charge is 0.372 e. The Labute approximate surface area is 130 Å². The third-order valence-electron chi connectivity index (χ3n) is 4.18. The van der Waals surface area contributed by atoms with E-state index in [1.807, 2.05) is 30.0 Å². The highest BCUT2D eigenvalue weighted by Crippen LogP contribution is 2.33. The van der Waals surface area contributed by atoms with Gasteiger partial charge in [-0.05, 0) is 49.4 Å². The van der Waals surface area contributed by atoms with Crippen LogP contribution in [0.2, 0.25) is 0 Å². The molecule has 1 heterocycles. The van der Waals surface area contributed by atoms with E-state index in [9.17, 15) is 9.59 Å². The zero-order chi connectivity index (χ0) is 15.5. The van der Waals surface area contributed by atoms with E-state index in [0.29, 0.717) is 13.2 Å². The minimum absolute atomic E-state index is 0.0693. The summed E-state index contributed by atoms with van der Waals surface area (Å²) in [5.41, 5.74) is 3.17. The molecule has 0 saturated heterocycles. The lowest BCUT2D eigenvalue weighted by Crippen LogP contribution is -2.36. The zero-order valence-corrected chi connectivity index (χ0v) is 12.9. The summed E-state index contributed by atoms with van der Waals surface area (Å²) in [5, 5.41) is 2.84. The molecule has 2 amide bonds. The number of ether oxygens (including phenoxy) is 1. The number of benzene rings is 1. The lowest BCUT2D eigenvalue weighted by molar-refractivity contribution is -0.133. The van der Waals surface area contributed by atoms with Crippen LogP contribution in [-0.4, -0.2) is 36.5 Å². The molecule has 3 rings (SSSR count). The summed E-state index contributed by atoms with van der Waals surface area (Å²) in [6.07, 6.45) is 2.96. The van der Waals surface area contributed by atoms with Gasteiger partial charge in [-0.2, -0.15) is 0 Å². The molecule has 1 aliphatic carbocycles. The van der Waals surface area contributed by atoms with Crippen molar-refractivity contribution in [3.8, 4) is 0 Å². The van der Waals surface area contributed by atoms with E-state index in [4.69, 9.17) is 4.74 Å². The summed E-state index contributed by atoms with van der Waals surface area (Å²) >= 11 is 0. The Hall–Kier alpha value is -1.88. The molecule has 0 radical (unpaired) electrons. The first kappa shape index (κ1) is 15.0. The molecule has 2 aliphatic rings. The highest BCUT2D eigenvalue weighted by atomic mass is 16.5. The Morgan fingerprint density at radius 3 is 2.86 bits per heavy atom. The van der Waals surface area contributed by atoms with E-state index in [1.54, 1.807) is 0 Å². The van der Waals surface area contributed by atoms with Gasteiger partial charge in [0.2, 0.25) is 11.8 Å². The Balaban J connectivity index is 1.66. The monoisotopic (exact) mass is 302 g/mol. The predicted octanol–water partition coefficient (Wildman–Crippen LogP) is 1.96. The van der Waals surface area contributed by atoms with Gasteiger partial charge in [-0.25, -0.2) is 0 Å². The second-order valence-electron chi connectivity index (χ2n) is 5.95. The molecule has 1 saturated carbocycles. The van der Waals surface area contributed by atoms with Crippen LogP contribution in [0.1, 0.15) is 30.9 Å². The molecule has 1 aromatic rings. The average Bonchev–Trinajstić information content (AvgIpc) is 3.36. The highest BCUT2D eigenvalue weighted by Gasteiger charge is 2.34. The molecular weight excluding hydrogens is 280 g/mol. The maximum Gasteiger partial charge on any atom is 0.250 e. The van der Waals surface area contributed by atoms with E-state index < -0.39 is 0 Å². The van der Waals surface area contributed by atoms with Gasteiger partial charge >= 0.3 is 0 Å². The third kappa shape index (κ3) is 3.47. The fraction of sp³-hybridized carbons (Fsp3) is 0.529. The highest BCUT2D eigenvalue weighted by molar-refractivity contribution is 5.91. The molecule has 1 aromatic carbocycles. The standard InChI is InChI=1S/C17H22N2O3/c1-2-22-11-16(20)18-15-6-5-12-7-8-19(10-14(12)9-15)17(21)13-3-4-13/h5-6,9,13H,2-4,7-8,10-11H2,1H3,(H,18,20). The quantitative estimate of drug-likeness (QED) is 0.904. The van der Waals surface area contributed by atoms with Gasteiger partial charge in [0.1, 0.15) is 6.61 Å². The summed E-state index contributed by atoms with van der Waals surface area (Å²) in [7, 11) is 0. The summed E-state index contributed by atoms with van der Waals surface area (Å²) in [6, 6.07) is 5.94. The molecule has 0 atom stereocenters. The van der Waals surface area contributed by atoms with Gasteiger partial charge < -0.3 is 15.0 Å². The SMILES string of the molecule is CCOCC(=O)Nc1ccc2c(c1)CN(C(=O)C1CC1)CC2. The molecule has 1 N–H and O–H groups in total. The lowest BCUT2D eigenvalue weighted by Gasteiger charge is -2.29. The maximum atomic E-state index is 12.2. The second kappa shape index (κ2) is 6.48. The average molecular weight is 302 g/mol. The molecular formula is C17H22N2O3. The topological polar surface area (TPSA) is 58.6 Å². The number of carbonyl (C=O) groups is 2. The normalized spacial score (nSPS) is 17.0. The third-order valence-corrected chi connectivity index (χ3v) is 4.18. The Bertz CT molecular complexity index is 581. The summed E-state index contributed by atoms with van der Waals surface area (Å²) in [6.45, 7) is 3.91. The number of carbonyl (C=O) groups excluding carboxylic acids is 2. The van der Waals surface area contributed by atoms with Crippen LogP contribution in [0.5, 0.6) is 0 Å². The molecule has 0 unspecified atom stereocenters. The number of hydrogen-bond donors (Lipinski definition) is 1. The van der Waals surface area contributed by atoms with Crippen LogP contribution in [0.4, 0.5) is 5.69 Å². The van der Waals surface area contributed by atoms with Gasteiger partial charge in [-0.15, -0.1) is 0 Å². The van der Waals surface area contributed by atoms with Crippen molar-refractivity contribution in [2.75, 3.05) is 25.1 Å². The maximum absolute atomic E-state index is 12.2. The Kier molecular flexibility index (Phi) is 4.43. The molecule has 1 aliphatic heterocycles. The zero-order valence-electron chi connectivity index (χ0n) is 12.9. The van der Waals surface area contributed by atoms with E-state index in [1.165, 1.54) is 5.56 Å². The van der Waals surface area contributed by atoms with Crippen LogP contribution < -0.4 is 5.32 Å². The fourth-order valence-corrected chi connectivity index (χ4v) is 2.80. The van der Waals surface area contributed by atoms with Crippen LogP contribution >= 0.6 is 0 Å². The Morgan fingerprint density at radius 1 is 1.32 bits per heavy atom. The minimum Gasteiger partial charge on any atom is -0.372 e. The molecule has 118 valence electrons. The van der Waals surface area contributed by atoms with Crippen LogP contribution in [0.15, 0.2) is 18.2 Å². The number of anilines is 1. The number of nitrogens with zero attached hydrogens (tertiary/aromatic N) is 1. The van der Waals surface area contributed by atoms with Crippen molar-refractivity contribution in [2.24, 2.45) is 5.92 Å². The molecule has 22 heavy (non-hydrogen) atoms. The number of rotatable bonds is 5. The number of nitrogens with one attached hydrogen (secondary N) is 1. The van der Waals surface area contributed by atoms with Crippen molar-refractivity contribution >= 4 is 17.5 Å². The lowest BCUT2D eigenvalue weighted by atomic mass is 9.98. The number of fused-ring (bicyclic) bond motifs is 1. The number of hydrogen-bond acceptors (Lipinski definition) is 3. The van der Waals surface area contributed by atoms with E-state index in [0.717, 1.165) is 37.1 Å². The van der Waals surface area contributed by atoms with Crippen LogP contribution in [-0.2, 0) is 27.3 Å². The molecule has 0 bridgehead atoms. The van der Waals surface area contributed by atoms with Gasteiger partial charge in [0.15, 0.2) is 0 Å². The molecule has 5 heteroatoms. The molecule has 1 fully saturated rings. The summed E-state index contributed by atoms with van der Waals surface area (Å²) in [5.74, 6) is 0.399. The fourth-order valence-electron chi connectivity index (χ4n) is 2.80. The number of amides is 2. The van der Waals surface area contributed by atoms with Crippen molar-refractivity contribution in [3.05, 3.63) is 29.3 Å². The first-order chi connectivity index (χ1) is 10.7.